The molecule has 0 radical (unpaired) electrons. The highest BCUT2D eigenvalue weighted by atomic mass is 35.5. The van der Waals surface area contributed by atoms with Crippen LogP contribution >= 0.6 is 11.6 Å². The molecule has 0 bridgehead atoms. The molecule has 0 unspecified atom stereocenters. The second-order valence-corrected chi connectivity index (χ2v) is 6.86. The van der Waals surface area contributed by atoms with Crippen molar-refractivity contribution >= 4 is 29.0 Å². The van der Waals surface area contributed by atoms with Crippen LogP contribution in [0.5, 0.6) is 11.6 Å². The molecule has 3 N–H and O–H groups in total. The van der Waals surface area contributed by atoms with Crippen molar-refractivity contribution < 1.29 is 27.1 Å². The monoisotopic (exact) mass is 494 g/mol. The van der Waals surface area contributed by atoms with Crippen molar-refractivity contribution in [1.29, 1.82) is 0 Å². The molecule has 0 atom stereocenters. The summed E-state index contributed by atoms with van der Waals surface area (Å²) in [5.41, 5.74) is 3.20. The molecule has 0 saturated heterocycles. The number of hydrogen-bond acceptors (Lipinski definition) is 8. The number of nitrogen functional groups attached to an aromatic ring is 1. The van der Waals surface area contributed by atoms with E-state index in [9.17, 15) is 22.4 Å². The van der Waals surface area contributed by atoms with Gasteiger partial charge in [-0.1, -0.05) is 11.6 Å². The third-order valence-electron chi connectivity index (χ3n) is 4.24. The molecule has 4 aromatic rings. The van der Waals surface area contributed by atoms with Crippen LogP contribution in [0.1, 0.15) is 16.1 Å². The zero-order valence-electron chi connectivity index (χ0n) is 16.6. The Morgan fingerprint density at radius 2 is 2.00 bits per heavy atom. The smallest absolute Gasteiger partial charge is 0.434 e. The lowest BCUT2D eigenvalue weighted by Gasteiger charge is -2.12. The van der Waals surface area contributed by atoms with Gasteiger partial charge in [-0.2, -0.15) is 28.4 Å². The van der Waals surface area contributed by atoms with Crippen LogP contribution in [0.2, 0.25) is 5.02 Å². The minimum atomic E-state index is -4.96. The Hall–Kier alpha value is -4.33. The molecule has 4 rings (SSSR count). The third-order valence-corrected chi connectivity index (χ3v) is 4.59. The minimum Gasteiger partial charge on any atom is -0.434 e. The van der Waals surface area contributed by atoms with E-state index in [1.54, 1.807) is 0 Å². The molecule has 0 saturated carbocycles. The fraction of sp³-hybridized carbons (Fsp3) is 0.0526. The summed E-state index contributed by atoms with van der Waals surface area (Å²) in [7, 11) is 0. The molecule has 0 spiro atoms. The number of nitrogens with zero attached hydrogens (tertiary/aromatic N) is 6. The van der Waals surface area contributed by atoms with E-state index < -0.39 is 29.2 Å². The first-order chi connectivity index (χ1) is 16.1. The zero-order chi connectivity index (χ0) is 24.5. The number of nitrogens with one attached hydrogen (secondary N) is 1. The Kier molecular flexibility index (Phi) is 5.98. The summed E-state index contributed by atoms with van der Waals surface area (Å²) in [6.45, 7) is 0. The van der Waals surface area contributed by atoms with Gasteiger partial charge >= 0.3 is 6.18 Å². The topological polar surface area (TPSA) is 134 Å². The van der Waals surface area contributed by atoms with Crippen LogP contribution in [0.3, 0.4) is 0 Å². The summed E-state index contributed by atoms with van der Waals surface area (Å²) in [6.07, 6.45) is -1.91. The fourth-order valence-electron chi connectivity index (χ4n) is 2.77. The van der Waals surface area contributed by atoms with Gasteiger partial charge < -0.3 is 15.8 Å². The SMILES string of the molecule is Nc1ncnc(Oc2ccc(NC(=O)c3cnn(-c4cccnn4)c3C(F)(F)F)cc2F)c1Cl. The number of carbonyl (C=O) groups excluding carboxylic acids is 1. The van der Waals surface area contributed by atoms with Crippen molar-refractivity contribution in [3.8, 4) is 17.4 Å². The average Bonchev–Trinajstić information content (AvgIpc) is 3.25. The second kappa shape index (κ2) is 8.90. The number of benzene rings is 1. The Labute approximate surface area is 192 Å². The summed E-state index contributed by atoms with van der Waals surface area (Å²) in [6, 6.07) is 5.76. The lowest BCUT2D eigenvalue weighted by Crippen LogP contribution is -2.21. The van der Waals surface area contributed by atoms with Gasteiger partial charge in [0.25, 0.3) is 5.91 Å². The zero-order valence-corrected chi connectivity index (χ0v) is 17.3. The number of hydrogen-bond donors (Lipinski definition) is 2. The first-order valence-electron chi connectivity index (χ1n) is 9.13. The molecule has 0 aliphatic heterocycles. The minimum absolute atomic E-state index is 0.0848. The molecule has 3 heterocycles. The normalized spacial score (nSPS) is 11.3. The van der Waals surface area contributed by atoms with E-state index in [2.05, 4.69) is 30.6 Å². The summed E-state index contributed by atoms with van der Waals surface area (Å²) >= 11 is 5.90. The number of carbonyl (C=O) groups is 1. The maximum absolute atomic E-state index is 14.5. The molecule has 3 aromatic heterocycles. The first kappa shape index (κ1) is 22.8. The lowest BCUT2D eigenvalue weighted by atomic mass is 10.2. The Balaban J connectivity index is 1.59. The van der Waals surface area contributed by atoms with Crippen LogP contribution in [0.4, 0.5) is 29.1 Å². The van der Waals surface area contributed by atoms with E-state index in [1.807, 2.05) is 0 Å². The van der Waals surface area contributed by atoms with Crippen molar-refractivity contribution in [2.75, 3.05) is 11.1 Å². The number of ether oxygens (including phenoxy) is 1. The standard InChI is InChI=1S/C19H11ClF4N8O2/c20-14-16(25)26-8-27-18(14)34-12-4-3-9(6-11(12)21)30-17(33)10-7-29-32(15(10)19(22,23)24)13-2-1-5-28-31-13/h1-8H,(H,30,33)(H2,25,26,27). The largest absolute Gasteiger partial charge is 0.434 e. The number of anilines is 2. The maximum atomic E-state index is 14.5. The summed E-state index contributed by atoms with van der Waals surface area (Å²) in [4.78, 5) is 20.0. The number of rotatable bonds is 5. The number of amides is 1. The lowest BCUT2D eigenvalue weighted by molar-refractivity contribution is -0.143. The first-order valence-corrected chi connectivity index (χ1v) is 9.51. The highest BCUT2D eigenvalue weighted by Gasteiger charge is 2.41. The van der Waals surface area contributed by atoms with Crippen molar-refractivity contribution in [2.45, 2.75) is 6.18 Å². The molecule has 174 valence electrons. The van der Waals surface area contributed by atoms with E-state index in [0.717, 1.165) is 24.7 Å². The van der Waals surface area contributed by atoms with Gasteiger partial charge in [-0.05, 0) is 24.3 Å². The van der Waals surface area contributed by atoms with Gasteiger partial charge in [0.1, 0.15) is 17.2 Å². The van der Waals surface area contributed by atoms with Crippen LogP contribution in [0, 0.1) is 5.82 Å². The number of aromatic nitrogens is 6. The van der Waals surface area contributed by atoms with Crippen molar-refractivity contribution in [1.82, 2.24) is 29.9 Å². The van der Waals surface area contributed by atoms with E-state index in [-0.39, 0.29) is 34.0 Å². The molecule has 34 heavy (non-hydrogen) atoms. The van der Waals surface area contributed by atoms with Crippen LogP contribution in [-0.4, -0.2) is 35.9 Å². The van der Waals surface area contributed by atoms with Crippen molar-refractivity contribution in [3.63, 3.8) is 0 Å². The third kappa shape index (κ3) is 4.56. The van der Waals surface area contributed by atoms with Gasteiger partial charge in [-0.3, -0.25) is 4.79 Å². The van der Waals surface area contributed by atoms with Crippen molar-refractivity contribution in [2.24, 2.45) is 0 Å². The van der Waals surface area contributed by atoms with Crippen LogP contribution < -0.4 is 15.8 Å². The predicted molar refractivity (Wildman–Crippen MR) is 110 cm³/mol. The van der Waals surface area contributed by atoms with E-state index >= 15 is 0 Å². The number of alkyl halides is 3. The molecule has 0 aliphatic carbocycles. The van der Waals surface area contributed by atoms with Gasteiger partial charge in [-0.25, -0.2) is 14.1 Å². The highest BCUT2D eigenvalue weighted by Crippen LogP contribution is 2.34. The fourth-order valence-corrected chi connectivity index (χ4v) is 2.91. The molecule has 10 nitrogen and oxygen atoms in total. The predicted octanol–water partition coefficient (Wildman–Crippen LogP) is 3.89. The van der Waals surface area contributed by atoms with E-state index in [4.69, 9.17) is 22.1 Å². The second-order valence-electron chi connectivity index (χ2n) is 6.48. The quantitative estimate of drug-likeness (QED) is 0.399. The molecule has 1 aromatic carbocycles. The van der Waals surface area contributed by atoms with Gasteiger partial charge in [-0.15, -0.1) is 5.10 Å². The molecule has 15 heteroatoms. The van der Waals surface area contributed by atoms with E-state index in [0.29, 0.717) is 4.68 Å². The van der Waals surface area contributed by atoms with E-state index in [1.165, 1.54) is 24.4 Å². The van der Waals surface area contributed by atoms with Crippen LogP contribution in [0.25, 0.3) is 5.82 Å². The van der Waals surface area contributed by atoms with Crippen molar-refractivity contribution in [3.05, 3.63) is 71.2 Å². The summed E-state index contributed by atoms with van der Waals surface area (Å²) in [5.74, 6) is -3.01. The van der Waals surface area contributed by atoms with Gasteiger partial charge in [0, 0.05) is 18.0 Å². The van der Waals surface area contributed by atoms with Crippen LogP contribution in [-0.2, 0) is 6.18 Å². The van der Waals surface area contributed by atoms with Gasteiger partial charge in [0.15, 0.2) is 23.1 Å². The molecular formula is C19H11ClF4N8O2. The average molecular weight is 495 g/mol. The summed E-state index contributed by atoms with van der Waals surface area (Å²) < 4.78 is 61.4. The maximum Gasteiger partial charge on any atom is 0.434 e. The highest BCUT2D eigenvalue weighted by molar-refractivity contribution is 6.34. The summed E-state index contributed by atoms with van der Waals surface area (Å²) in [5, 5.41) is 12.8. The number of halogens is 5. The van der Waals surface area contributed by atoms with Gasteiger partial charge in [0.2, 0.25) is 5.88 Å². The van der Waals surface area contributed by atoms with Gasteiger partial charge in [0.05, 0.1) is 11.8 Å². The molecule has 0 fully saturated rings. The Bertz CT molecular complexity index is 1360. The molecular weight excluding hydrogens is 484 g/mol. The number of nitrogens with two attached hydrogens (primary N) is 1. The Morgan fingerprint density at radius 1 is 1.21 bits per heavy atom. The molecule has 1 amide bonds. The van der Waals surface area contributed by atoms with Crippen LogP contribution in [0.15, 0.2) is 49.1 Å². The molecule has 0 aliphatic rings. The Morgan fingerprint density at radius 3 is 2.68 bits per heavy atom.